The average Bonchev–Trinajstić information content (AvgIpc) is 3.88. The molecular weight excluding hydrogens is 997 g/mol. The number of β-amino-alcohol motifs (C(OH)–C–C–N with tert-alkyl or cyclic N) is 1. The summed E-state index contributed by atoms with van der Waals surface area (Å²) in [6.45, 7) is 5.95. The Balaban J connectivity index is 1.71. The van der Waals surface area contributed by atoms with Gasteiger partial charge >= 0.3 is 23.9 Å². The second kappa shape index (κ2) is 27.1. The zero-order valence-corrected chi connectivity index (χ0v) is 42.4. The number of nitrogens with two attached hydrogens (primary N) is 2. The molecule has 1 aromatic heterocycles. The number of ether oxygens (including phenoxy) is 3. The molecule has 2 aromatic rings. The minimum atomic E-state index is -1.85. The first-order chi connectivity index (χ1) is 34.8. The molecule has 74 heavy (non-hydrogen) atoms. The fourth-order valence-electron chi connectivity index (χ4n) is 8.16. The Bertz CT molecular complexity index is 2490. The van der Waals surface area contributed by atoms with Crippen LogP contribution in [-0.4, -0.2) is 172 Å². The van der Waals surface area contributed by atoms with E-state index in [1.165, 1.54) is 26.0 Å². The summed E-state index contributed by atoms with van der Waals surface area (Å²) >= 11 is 0.942. The number of carboxylic acid groups (broad SMARTS) is 1. The Morgan fingerprint density at radius 1 is 0.892 bits per heavy atom. The summed E-state index contributed by atoms with van der Waals surface area (Å²) in [5.74, 6) is -12.6. The van der Waals surface area contributed by atoms with E-state index in [2.05, 4.69) is 36.9 Å². The molecule has 27 nitrogen and oxygen atoms in total. The van der Waals surface area contributed by atoms with E-state index >= 15 is 0 Å². The molecule has 0 spiro atoms. The Labute approximate surface area is 428 Å². The van der Waals surface area contributed by atoms with Crippen LogP contribution in [0.4, 0.5) is 0 Å². The summed E-state index contributed by atoms with van der Waals surface area (Å²) < 4.78 is 15.5. The summed E-state index contributed by atoms with van der Waals surface area (Å²) in [6.07, 6.45) is -4.34. The van der Waals surface area contributed by atoms with Gasteiger partial charge in [0.15, 0.2) is 0 Å². The van der Waals surface area contributed by atoms with Gasteiger partial charge in [0.05, 0.1) is 48.6 Å². The van der Waals surface area contributed by atoms with Crippen molar-refractivity contribution in [1.82, 2.24) is 41.8 Å². The molecule has 28 heteroatoms. The van der Waals surface area contributed by atoms with Crippen molar-refractivity contribution in [2.24, 2.45) is 23.3 Å². The maximum absolute atomic E-state index is 14.4. The molecule has 2 aliphatic rings. The molecule has 1 saturated heterocycles. The molecule has 0 bridgehead atoms. The third-order valence-electron chi connectivity index (χ3n) is 12.2. The second-order valence-corrected chi connectivity index (χ2v) is 19.0. The highest BCUT2D eigenvalue weighted by atomic mass is 32.2. The molecule has 3 heterocycles. The van der Waals surface area contributed by atoms with Crippen LogP contribution in [0.3, 0.4) is 0 Å². The number of carbonyl (C=O) groups excluding carboxylic acids is 11. The van der Waals surface area contributed by atoms with Crippen LogP contribution in [0.1, 0.15) is 72.8 Å². The van der Waals surface area contributed by atoms with Crippen LogP contribution in [0.25, 0.3) is 10.9 Å². The van der Waals surface area contributed by atoms with Crippen LogP contribution >= 0.6 is 11.8 Å². The maximum Gasteiger partial charge on any atom is 0.308 e. The number of amides is 8. The molecule has 2 aliphatic heterocycles. The van der Waals surface area contributed by atoms with Crippen molar-refractivity contribution < 1.29 is 82.0 Å². The van der Waals surface area contributed by atoms with Gasteiger partial charge in [0.2, 0.25) is 47.3 Å². The van der Waals surface area contributed by atoms with Crippen LogP contribution in [0.15, 0.2) is 23.2 Å². The summed E-state index contributed by atoms with van der Waals surface area (Å²) in [4.78, 5) is 160. The normalized spacial score (nSPS) is 22.0. The van der Waals surface area contributed by atoms with E-state index in [0.717, 1.165) is 30.5 Å². The van der Waals surface area contributed by atoms with Gasteiger partial charge < -0.3 is 77.7 Å². The largest absolute Gasteiger partial charge is 0.481 e. The van der Waals surface area contributed by atoms with Crippen molar-refractivity contribution in [1.29, 1.82) is 0 Å². The van der Waals surface area contributed by atoms with E-state index < -0.39 is 177 Å². The van der Waals surface area contributed by atoms with Crippen molar-refractivity contribution in [3.8, 4) is 5.75 Å². The summed E-state index contributed by atoms with van der Waals surface area (Å²) in [7, 11) is 0. The number of rotatable bonds is 17. The molecule has 0 radical (unpaired) electrons. The van der Waals surface area contributed by atoms with Gasteiger partial charge in [-0.1, -0.05) is 27.2 Å². The SMILES string of the molecule is CC[C@H](C)[C@@H]1NC(=O)CNC(=O)C(N)Cc2c([nH]c3cc(OC(C)=O)ccc23)SCC(C(=O)NC(CC(N)=O)C(=O)N2CC(O)C[C@H]2C(=O)N[C@H](CC(=O)O)C(C)[C@H](COC(C)=O)OC(C)=O)NC(=O)CNC1=O. The van der Waals surface area contributed by atoms with Crippen molar-refractivity contribution in [3.05, 3.63) is 23.8 Å². The first kappa shape index (κ1) is 59.2. The Hall–Kier alpha value is -7.33. The fourth-order valence-corrected chi connectivity index (χ4v) is 9.27. The number of aliphatic hydroxyl groups excluding tert-OH is 1. The average molecular weight is 1060 g/mol. The third-order valence-corrected chi connectivity index (χ3v) is 13.3. The number of hydrogen-bond donors (Lipinski definition) is 11. The molecule has 4 rings (SSSR count). The monoisotopic (exact) mass is 1060 g/mol. The number of primary amides is 1. The molecule has 406 valence electrons. The molecule has 0 saturated carbocycles. The van der Waals surface area contributed by atoms with Gasteiger partial charge in [-0.3, -0.25) is 57.5 Å². The van der Waals surface area contributed by atoms with Gasteiger partial charge in [-0.25, -0.2) is 0 Å². The number of aliphatic hydroxyl groups is 1. The number of likely N-dealkylation sites (tertiary alicyclic amines) is 1. The summed E-state index contributed by atoms with van der Waals surface area (Å²) in [6, 6.07) is -4.16. The zero-order chi connectivity index (χ0) is 55.1. The number of H-pyrrole nitrogens is 1. The molecule has 1 aromatic carbocycles. The predicted octanol–water partition coefficient (Wildman–Crippen LogP) is -3.27. The number of thioether (sulfide) groups is 1. The number of aliphatic carboxylic acids is 1. The number of benzene rings is 1. The molecule has 5 unspecified atom stereocenters. The molecule has 8 amide bonds. The lowest BCUT2D eigenvalue weighted by Crippen LogP contribution is -2.59. The number of nitrogens with one attached hydrogen (secondary N) is 7. The highest BCUT2D eigenvalue weighted by molar-refractivity contribution is 7.99. The van der Waals surface area contributed by atoms with E-state index in [4.69, 9.17) is 25.7 Å². The molecule has 13 N–H and O–H groups in total. The lowest BCUT2D eigenvalue weighted by atomic mass is 9.92. The van der Waals surface area contributed by atoms with Crippen LogP contribution in [0.5, 0.6) is 5.75 Å². The van der Waals surface area contributed by atoms with Crippen LogP contribution < -0.4 is 48.1 Å². The van der Waals surface area contributed by atoms with Crippen molar-refractivity contribution in [2.45, 2.75) is 127 Å². The third kappa shape index (κ3) is 17.1. The van der Waals surface area contributed by atoms with Gasteiger partial charge in [-0.2, -0.15) is 0 Å². The van der Waals surface area contributed by atoms with Crippen molar-refractivity contribution in [2.75, 3.05) is 32.0 Å². The highest BCUT2D eigenvalue weighted by Crippen LogP contribution is 2.33. The lowest BCUT2D eigenvalue weighted by molar-refractivity contribution is -0.160. The Kier molecular flexibility index (Phi) is 21.7. The van der Waals surface area contributed by atoms with Crippen LogP contribution in [-0.2, 0) is 73.4 Å². The quantitative estimate of drug-likeness (QED) is 0.0547. The van der Waals surface area contributed by atoms with Gasteiger partial charge in [-0.05, 0) is 30.0 Å². The standard InChI is InChI=1S/C46H64N10O17S/c1-7-20(2)40-44(69)50-15-37(62)51-33(19-74-45-28(12-29(47)41(66)49-16-38(63)55-40)27-9-8-26(72-23(5)58)11-31(27)54-45)42(67)53-32(13-36(48)61)46(70)56-17-25(60)10-34(56)43(68)52-30(14-39(64)65)21(3)35(73-24(6)59)18-71-22(4)57/h8-9,11,20-21,25,29-30,32-35,40,54,60H,7,10,12-19,47H2,1-6H3,(H2,48,61)(H,49,66)(H,50,69)(H,51,62)(H,52,68)(H,53,67)(H,55,63)(H,64,65)/t20-,21?,25?,29?,30+,32?,33?,34-,35-,40-/m0/s1. The molecule has 10 atom stereocenters. The minimum absolute atomic E-state index is 0.157. The lowest BCUT2D eigenvalue weighted by Gasteiger charge is -2.33. The van der Waals surface area contributed by atoms with E-state index in [9.17, 15) is 67.7 Å². The first-order valence-corrected chi connectivity index (χ1v) is 24.5. The smallest absolute Gasteiger partial charge is 0.308 e. The van der Waals surface area contributed by atoms with E-state index in [1.807, 2.05) is 0 Å². The number of nitrogens with zero attached hydrogens (tertiary/aromatic N) is 1. The minimum Gasteiger partial charge on any atom is -0.481 e. The van der Waals surface area contributed by atoms with E-state index in [1.54, 1.807) is 19.9 Å². The summed E-state index contributed by atoms with van der Waals surface area (Å²) in [5, 5.41) is 36.3. The van der Waals surface area contributed by atoms with Gasteiger partial charge in [0.25, 0.3) is 0 Å². The Morgan fingerprint density at radius 3 is 2.16 bits per heavy atom. The van der Waals surface area contributed by atoms with Gasteiger partial charge in [0.1, 0.15) is 42.6 Å². The molecule has 1 fully saturated rings. The zero-order valence-electron chi connectivity index (χ0n) is 41.6. The number of carbonyl (C=O) groups is 12. The number of hydrogen-bond acceptors (Lipinski definition) is 18. The van der Waals surface area contributed by atoms with E-state index in [0.29, 0.717) is 27.9 Å². The Morgan fingerprint density at radius 2 is 1.55 bits per heavy atom. The second-order valence-electron chi connectivity index (χ2n) is 18.0. The fraction of sp³-hybridized carbons (Fsp3) is 0.565. The van der Waals surface area contributed by atoms with Gasteiger partial charge in [-0.15, -0.1) is 11.8 Å². The van der Waals surface area contributed by atoms with Crippen LogP contribution in [0.2, 0.25) is 0 Å². The van der Waals surface area contributed by atoms with Crippen molar-refractivity contribution in [3.63, 3.8) is 0 Å². The van der Waals surface area contributed by atoms with Crippen LogP contribution in [0, 0.1) is 11.8 Å². The van der Waals surface area contributed by atoms with Crippen molar-refractivity contribution >= 4 is 93.8 Å². The highest BCUT2D eigenvalue weighted by Gasteiger charge is 2.44. The summed E-state index contributed by atoms with van der Waals surface area (Å²) in [5.41, 5.74) is 12.8. The van der Waals surface area contributed by atoms with Gasteiger partial charge in [0, 0.05) is 62.9 Å². The first-order valence-electron chi connectivity index (χ1n) is 23.5. The number of aromatic amines is 1. The number of carboxylic acids is 1. The predicted molar refractivity (Wildman–Crippen MR) is 259 cm³/mol. The molecule has 0 aliphatic carbocycles. The number of aromatic nitrogens is 1. The van der Waals surface area contributed by atoms with E-state index in [-0.39, 0.29) is 17.9 Å². The maximum atomic E-state index is 14.4. The topological polar surface area (TPSA) is 416 Å². The number of esters is 3. The number of fused-ring (bicyclic) bond motifs is 3. The molecular formula is C46H64N10O17S.